The van der Waals surface area contributed by atoms with Crippen LogP contribution in [-0.4, -0.2) is 15.8 Å². The average Bonchev–Trinajstić information content (AvgIpc) is 3.05. The number of H-pyrrole nitrogens is 1. The van der Waals surface area contributed by atoms with Crippen molar-refractivity contribution >= 4 is 22.5 Å². The lowest BCUT2D eigenvalue weighted by Gasteiger charge is -2.11. The van der Waals surface area contributed by atoms with E-state index >= 15 is 0 Å². The van der Waals surface area contributed by atoms with Gasteiger partial charge in [-0.05, 0) is 54.5 Å². The third kappa shape index (κ3) is 3.69. The Morgan fingerprint density at radius 1 is 1.07 bits per heavy atom. The maximum Gasteiger partial charge on any atom is 0.269 e. The molecule has 0 fully saturated rings. The number of benzene rings is 2. The van der Waals surface area contributed by atoms with E-state index in [1.807, 2.05) is 6.07 Å². The van der Waals surface area contributed by atoms with Crippen molar-refractivity contribution in [1.29, 1.82) is 0 Å². The number of aromatic nitrogens is 1. The monoisotopic (exact) mass is 363 g/mol. The van der Waals surface area contributed by atoms with Crippen LogP contribution in [0.25, 0.3) is 10.9 Å². The highest BCUT2D eigenvalue weighted by Crippen LogP contribution is 2.29. The number of carbonyl (C=O) groups excluding carboxylic acids is 1. The molecule has 6 nitrogen and oxygen atoms in total. The fraction of sp³-hybridized carbons (Fsp3) is 0.286. The molecule has 3 aromatic rings. The summed E-state index contributed by atoms with van der Waals surface area (Å²) in [5.74, 6) is -0.0972. The second-order valence-electron chi connectivity index (χ2n) is 7.05. The number of nitrogens with zero attached hydrogens (tertiary/aromatic N) is 1. The smallest absolute Gasteiger partial charge is 0.269 e. The number of fused-ring (bicyclic) bond motifs is 3. The number of carbonyl (C=O) groups is 1. The third-order valence-electron chi connectivity index (χ3n) is 5.16. The molecule has 27 heavy (non-hydrogen) atoms. The van der Waals surface area contributed by atoms with E-state index in [0.29, 0.717) is 6.54 Å². The number of nitro benzene ring substituents is 1. The third-order valence-corrected chi connectivity index (χ3v) is 5.16. The summed E-state index contributed by atoms with van der Waals surface area (Å²) in [5, 5.41) is 14.9. The zero-order valence-electron chi connectivity index (χ0n) is 15.0. The van der Waals surface area contributed by atoms with Gasteiger partial charge in [0.05, 0.1) is 11.3 Å². The zero-order valence-corrected chi connectivity index (χ0v) is 15.0. The number of amides is 1. The van der Waals surface area contributed by atoms with E-state index in [4.69, 9.17) is 0 Å². The van der Waals surface area contributed by atoms with E-state index in [-0.39, 0.29) is 18.0 Å². The molecule has 0 unspecified atom stereocenters. The van der Waals surface area contributed by atoms with E-state index in [1.54, 1.807) is 12.1 Å². The van der Waals surface area contributed by atoms with Gasteiger partial charge in [-0.15, -0.1) is 0 Å². The summed E-state index contributed by atoms with van der Waals surface area (Å²) in [6.45, 7) is 0.474. The number of hydrogen-bond donors (Lipinski definition) is 2. The molecular weight excluding hydrogens is 342 g/mol. The van der Waals surface area contributed by atoms with Gasteiger partial charge in [0.25, 0.3) is 5.69 Å². The Balaban J connectivity index is 1.40. The second kappa shape index (κ2) is 7.23. The highest BCUT2D eigenvalue weighted by molar-refractivity contribution is 5.86. The number of non-ortho nitro benzene ring substituents is 1. The van der Waals surface area contributed by atoms with E-state index in [1.165, 1.54) is 47.1 Å². The van der Waals surface area contributed by atoms with Crippen LogP contribution < -0.4 is 5.32 Å². The molecule has 0 saturated heterocycles. The highest BCUT2D eigenvalue weighted by Gasteiger charge is 2.15. The minimum Gasteiger partial charge on any atom is -0.358 e. The molecule has 0 saturated carbocycles. The molecule has 138 valence electrons. The van der Waals surface area contributed by atoms with Crippen molar-refractivity contribution in [2.45, 2.75) is 38.6 Å². The van der Waals surface area contributed by atoms with E-state index in [0.717, 1.165) is 24.0 Å². The Hall–Kier alpha value is -3.15. The molecule has 0 spiro atoms. The predicted octanol–water partition coefficient (Wildman–Crippen LogP) is 3.81. The van der Waals surface area contributed by atoms with Gasteiger partial charge in [0.15, 0.2) is 0 Å². The fourth-order valence-electron chi connectivity index (χ4n) is 3.75. The summed E-state index contributed by atoms with van der Waals surface area (Å²) in [6, 6.07) is 12.4. The number of hydrogen-bond acceptors (Lipinski definition) is 3. The predicted molar refractivity (Wildman–Crippen MR) is 104 cm³/mol. The quantitative estimate of drug-likeness (QED) is 0.534. The van der Waals surface area contributed by atoms with Gasteiger partial charge in [0, 0.05) is 35.3 Å². The Bertz CT molecular complexity index is 1010. The summed E-state index contributed by atoms with van der Waals surface area (Å²) in [5.41, 5.74) is 5.82. The Kier molecular flexibility index (Phi) is 4.62. The zero-order chi connectivity index (χ0) is 18.8. The number of rotatable bonds is 5. The molecule has 1 aliphatic rings. The first-order chi connectivity index (χ1) is 13.1. The molecule has 0 atom stereocenters. The van der Waals surface area contributed by atoms with Crippen LogP contribution in [0.4, 0.5) is 5.69 Å². The molecule has 0 aliphatic heterocycles. The van der Waals surface area contributed by atoms with Crippen LogP contribution in [-0.2, 0) is 30.6 Å². The number of aromatic amines is 1. The Morgan fingerprint density at radius 2 is 1.81 bits per heavy atom. The first-order valence-corrected chi connectivity index (χ1v) is 9.22. The minimum atomic E-state index is -0.445. The van der Waals surface area contributed by atoms with Gasteiger partial charge in [-0.25, -0.2) is 0 Å². The number of nitrogens with one attached hydrogen (secondary N) is 2. The van der Waals surface area contributed by atoms with Crippen LogP contribution in [0.15, 0.2) is 42.5 Å². The molecule has 4 rings (SSSR count). The average molecular weight is 363 g/mol. The van der Waals surface area contributed by atoms with Crippen molar-refractivity contribution in [1.82, 2.24) is 10.3 Å². The van der Waals surface area contributed by atoms with Gasteiger partial charge >= 0.3 is 0 Å². The van der Waals surface area contributed by atoms with E-state index < -0.39 is 4.92 Å². The first-order valence-electron chi connectivity index (χ1n) is 9.22. The fourth-order valence-corrected chi connectivity index (χ4v) is 3.75. The van der Waals surface area contributed by atoms with Gasteiger partial charge in [0.2, 0.25) is 5.91 Å². The van der Waals surface area contributed by atoms with E-state index in [9.17, 15) is 14.9 Å². The van der Waals surface area contributed by atoms with Crippen LogP contribution in [0.2, 0.25) is 0 Å². The molecule has 1 aromatic heterocycles. The van der Waals surface area contributed by atoms with Gasteiger partial charge in [-0.3, -0.25) is 14.9 Å². The molecule has 6 heteroatoms. The first kappa shape index (κ1) is 17.3. The normalized spacial score (nSPS) is 13.3. The summed E-state index contributed by atoms with van der Waals surface area (Å²) >= 11 is 0. The van der Waals surface area contributed by atoms with Crippen molar-refractivity contribution in [3.63, 3.8) is 0 Å². The standard InChI is InChI=1S/C21H21N3O3/c25-21(12-14-5-8-16(9-6-14)24(26)27)22-13-15-7-10-20-18(11-15)17-3-1-2-4-19(17)23-20/h5-11,23H,1-4,12-13H2,(H,22,25). The van der Waals surface area contributed by atoms with E-state index in [2.05, 4.69) is 22.4 Å². The molecule has 0 radical (unpaired) electrons. The van der Waals surface area contributed by atoms with Crippen molar-refractivity contribution in [2.24, 2.45) is 0 Å². The van der Waals surface area contributed by atoms with Crippen molar-refractivity contribution in [3.05, 3.63) is 75.0 Å². The SMILES string of the molecule is O=C(Cc1ccc([N+](=O)[O-])cc1)NCc1ccc2[nH]c3c(c2c1)CCCC3. The second-order valence-corrected chi connectivity index (χ2v) is 7.05. The van der Waals surface area contributed by atoms with Crippen molar-refractivity contribution in [2.75, 3.05) is 0 Å². The number of aryl methyl sites for hydroxylation is 2. The molecule has 1 amide bonds. The van der Waals surface area contributed by atoms with Crippen LogP contribution in [0.3, 0.4) is 0 Å². The van der Waals surface area contributed by atoms with Crippen molar-refractivity contribution in [3.8, 4) is 0 Å². The lowest BCUT2D eigenvalue weighted by molar-refractivity contribution is -0.384. The largest absolute Gasteiger partial charge is 0.358 e. The topological polar surface area (TPSA) is 88.0 Å². The minimum absolute atomic E-state index is 0.0299. The van der Waals surface area contributed by atoms with Gasteiger partial charge in [-0.2, -0.15) is 0 Å². The summed E-state index contributed by atoms with van der Waals surface area (Å²) < 4.78 is 0. The lowest BCUT2D eigenvalue weighted by atomic mass is 9.95. The molecular formula is C21H21N3O3. The van der Waals surface area contributed by atoms with Crippen LogP contribution in [0.5, 0.6) is 0 Å². The van der Waals surface area contributed by atoms with Gasteiger partial charge in [0.1, 0.15) is 0 Å². The summed E-state index contributed by atoms with van der Waals surface area (Å²) in [6.07, 6.45) is 4.91. The molecule has 2 aromatic carbocycles. The summed E-state index contributed by atoms with van der Waals surface area (Å²) in [4.78, 5) is 26.0. The Labute approximate surface area is 156 Å². The molecule has 1 heterocycles. The van der Waals surface area contributed by atoms with Crippen molar-refractivity contribution < 1.29 is 9.72 Å². The molecule has 2 N–H and O–H groups in total. The summed E-state index contributed by atoms with van der Waals surface area (Å²) in [7, 11) is 0. The van der Waals surface area contributed by atoms with Crippen LogP contribution >= 0.6 is 0 Å². The highest BCUT2D eigenvalue weighted by atomic mass is 16.6. The molecule has 0 bridgehead atoms. The Morgan fingerprint density at radius 3 is 2.59 bits per heavy atom. The number of nitro groups is 1. The maximum atomic E-state index is 12.2. The maximum absolute atomic E-state index is 12.2. The van der Waals surface area contributed by atoms with Gasteiger partial charge in [-0.1, -0.05) is 18.2 Å². The van der Waals surface area contributed by atoms with Gasteiger partial charge < -0.3 is 10.3 Å². The van der Waals surface area contributed by atoms with Crippen LogP contribution in [0.1, 0.15) is 35.2 Å². The van der Waals surface area contributed by atoms with Crippen LogP contribution in [0, 0.1) is 10.1 Å². The lowest BCUT2D eigenvalue weighted by Crippen LogP contribution is -2.24. The molecule has 1 aliphatic carbocycles.